The number of nitrogen functional groups attached to an aromatic ring is 1. The van der Waals surface area contributed by atoms with Crippen molar-refractivity contribution in [2.45, 2.75) is 71.3 Å². The largest absolute Gasteiger partial charge is 0.367 e. The molecule has 0 aromatic carbocycles. The normalized spacial score (nSPS) is 15.4. The van der Waals surface area contributed by atoms with Gasteiger partial charge in [0, 0.05) is 17.9 Å². The predicted octanol–water partition coefficient (Wildman–Crippen LogP) is 3.08. The minimum absolute atomic E-state index is 0.401. The van der Waals surface area contributed by atoms with E-state index in [0.29, 0.717) is 6.61 Å². The number of aromatic nitrogens is 2. The van der Waals surface area contributed by atoms with E-state index in [0.717, 1.165) is 43.0 Å². The third-order valence-corrected chi connectivity index (χ3v) is 4.54. The van der Waals surface area contributed by atoms with Crippen molar-refractivity contribution in [2.75, 3.05) is 12.0 Å². The molecule has 1 heterocycles. The van der Waals surface area contributed by atoms with Crippen LogP contribution in [0, 0.1) is 0 Å². The van der Waals surface area contributed by atoms with Gasteiger partial charge in [0.15, 0.2) is 5.82 Å². The fourth-order valence-electron chi connectivity index (χ4n) is 3.21. The molecular formula is C16H28N4O. The summed E-state index contributed by atoms with van der Waals surface area (Å²) in [7, 11) is 0. The highest BCUT2D eigenvalue weighted by atomic mass is 16.5. The van der Waals surface area contributed by atoms with Crippen LogP contribution in [0.1, 0.15) is 70.0 Å². The second kappa shape index (κ2) is 7.18. The molecule has 118 valence electrons. The van der Waals surface area contributed by atoms with Crippen molar-refractivity contribution in [2.24, 2.45) is 5.84 Å². The molecule has 1 aliphatic rings. The highest BCUT2D eigenvalue weighted by molar-refractivity contribution is 5.47. The van der Waals surface area contributed by atoms with Crippen LogP contribution in [0.15, 0.2) is 0 Å². The molecule has 0 saturated carbocycles. The van der Waals surface area contributed by atoms with Crippen molar-refractivity contribution in [1.82, 2.24) is 9.97 Å². The Balaban J connectivity index is 2.51. The molecule has 0 radical (unpaired) electrons. The zero-order valence-corrected chi connectivity index (χ0v) is 13.5. The average Bonchev–Trinajstić information content (AvgIpc) is 2.77. The number of hydrazine groups is 1. The summed E-state index contributed by atoms with van der Waals surface area (Å²) in [6, 6.07) is 0. The Labute approximate surface area is 127 Å². The van der Waals surface area contributed by atoms with Gasteiger partial charge < -0.3 is 10.2 Å². The quantitative estimate of drug-likeness (QED) is 0.479. The molecule has 21 heavy (non-hydrogen) atoms. The van der Waals surface area contributed by atoms with Crippen molar-refractivity contribution in [3.8, 4) is 0 Å². The van der Waals surface area contributed by atoms with Gasteiger partial charge in [0.1, 0.15) is 11.4 Å². The van der Waals surface area contributed by atoms with Crippen LogP contribution in [0.4, 0.5) is 5.82 Å². The van der Waals surface area contributed by atoms with Crippen molar-refractivity contribution >= 4 is 5.82 Å². The lowest BCUT2D eigenvalue weighted by Crippen LogP contribution is -2.32. The maximum atomic E-state index is 6.04. The fraction of sp³-hybridized carbons (Fsp3) is 0.750. The van der Waals surface area contributed by atoms with E-state index in [1.165, 1.54) is 24.8 Å². The highest BCUT2D eigenvalue weighted by Gasteiger charge is 2.34. The molecule has 0 atom stereocenters. The van der Waals surface area contributed by atoms with E-state index in [9.17, 15) is 0 Å². The summed E-state index contributed by atoms with van der Waals surface area (Å²) in [5.41, 5.74) is 4.72. The van der Waals surface area contributed by atoms with Gasteiger partial charge >= 0.3 is 0 Å². The van der Waals surface area contributed by atoms with Gasteiger partial charge in [-0.3, -0.25) is 0 Å². The minimum atomic E-state index is -0.401. The maximum absolute atomic E-state index is 6.04. The molecule has 5 heteroatoms. The smallest absolute Gasteiger partial charge is 0.162 e. The molecule has 0 fully saturated rings. The molecule has 1 aromatic heterocycles. The zero-order valence-electron chi connectivity index (χ0n) is 13.5. The first-order chi connectivity index (χ1) is 10.2. The number of fused-ring (bicyclic) bond motifs is 1. The van der Waals surface area contributed by atoms with Crippen molar-refractivity contribution in [1.29, 1.82) is 0 Å². The van der Waals surface area contributed by atoms with E-state index in [4.69, 9.17) is 20.5 Å². The number of ether oxygens (including phenoxy) is 1. The predicted molar refractivity (Wildman–Crippen MR) is 85.0 cm³/mol. The van der Waals surface area contributed by atoms with Crippen LogP contribution in [0.3, 0.4) is 0 Å². The van der Waals surface area contributed by atoms with Gasteiger partial charge in [-0.05, 0) is 45.4 Å². The van der Waals surface area contributed by atoms with Crippen LogP contribution < -0.4 is 11.3 Å². The number of hydrogen-bond acceptors (Lipinski definition) is 5. The van der Waals surface area contributed by atoms with Gasteiger partial charge in [-0.15, -0.1) is 0 Å². The third kappa shape index (κ3) is 3.19. The van der Waals surface area contributed by atoms with Crippen LogP contribution in [-0.4, -0.2) is 16.6 Å². The Morgan fingerprint density at radius 3 is 2.43 bits per heavy atom. The summed E-state index contributed by atoms with van der Waals surface area (Å²) in [6.07, 6.45) is 7.36. The lowest BCUT2D eigenvalue weighted by atomic mass is 9.95. The first-order valence-corrected chi connectivity index (χ1v) is 8.21. The number of aryl methyl sites for hydroxylation is 1. The fourth-order valence-corrected chi connectivity index (χ4v) is 3.21. The lowest BCUT2D eigenvalue weighted by Gasteiger charge is -2.31. The summed E-state index contributed by atoms with van der Waals surface area (Å²) >= 11 is 0. The van der Waals surface area contributed by atoms with Gasteiger partial charge in [0.05, 0.1) is 0 Å². The summed E-state index contributed by atoms with van der Waals surface area (Å²) in [5, 5.41) is 0. The van der Waals surface area contributed by atoms with E-state index in [1.807, 2.05) is 6.92 Å². The number of rotatable bonds is 6. The summed E-state index contributed by atoms with van der Waals surface area (Å²) in [4.78, 5) is 9.59. The van der Waals surface area contributed by atoms with Gasteiger partial charge in [0.25, 0.3) is 0 Å². The Bertz CT molecular complexity index is 472. The molecular weight excluding hydrogens is 264 g/mol. The average molecular weight is 292 g/mol. The topological polar surface area (TPSA) is 73.1 Å². The second-order valence-corrected chi connectivity index (χ2v) is 5.66. The Morgan fingerprint density at radius 1 is 1.10 bits per heavy atom. The molecule has 1 aromatic rings. The molecule has 0 unspecified atom stereocenters. The lowest BCUT2D eigenvalue weighted by molar-refractivity contribution is -0.0572. The van der Waals surface area contributed by atoms with Crippen LogP contribution in [0.2, 0.25) is 0 Å². The first kappa shape index (κ1) is 16.2. The van der Waals surface area contributed by atoms with E-state index in [1.54, 1.807) is 0 Å². The third-order valence-electron chi connectivity index (χ3n) is 4.54. The summed E-state index contributed by atoms with van der Waals surface area (Å²) in [5.74, 6) is 7.27. The molecule has 0 saturated heterocycles. The molecule has 0 spiro atoms. The van der Waals surface area contributed by atoms with E-state index in [2.05, 4.69) is 19.3 Å². The van der Waals surface area contributed by atoms with E-state index in [-0.39, 0.29) is 0 Å². The SMILES string of the molecule is CCOC(CC)(CC)c1nc2c(c(NN)n1)CCCCC2. The molecule has 3 N–H and O–H groups in total. The van der Waals surface area contributed by atoms with Crippen molar-refractivity contribution in [3.05, 3.63) is 17.1 Å². The number of hydrogen-bond donors (Lipinski definition) is 2. The molecule has 0 amide bonds. The molecule has 0 bridgehead atoms. The highest BCUT2D eigenvalue weighted by Crippen LogP contribution is 2.34. The molecule has 1 aliphatic carbocycles. The Kier molecular flexibility index (Phi) is 5.53. The van der Waals surface area contributed by atoms with E-state index < -0.39 is 5.60 Å². The number of nitrogens with zero attached hydrogens (tertiary/aromatic N) is 2. The van der Waals surface area contributed by atoms with Crippen LogP contribution in [0.5, 0.6) is 0 Å². The van der Waals surface area contributed by atoms with Crippen molar-refractivity contribution < 1.29 is 4.74 Å². The maximum Gasteiger partial charge on any atom is 0.162 e. The number of anilines is 1. The standard InChI is InChI=1S/C16H28N4O/c1-4-16(5-2,21-6-3)15-18-13-11-9-7-8-10-12(13)14(19-15)20-17/h4-11,17H2,1-3H3,(H,18,19,20). The molecule has 2 rings (SSSR count). The Morgan fingerprint density at radius 2 is 1.81 bits per heavy atom. The van der Waals surface area contributed by atoms with Gasteiger partial charge in [-0.25, -0.2) is 15.8 Å². The monoisotopic (exact) mass is 292 g/mol. The Hall–Kier alpha value is -1.20. The first-order valence-electron chi connectivity index (χ1n) is 8.21. The molecule has 0 aliphatic heterocycles. The second-order valence-electron chi connectivity index (χ2n) is 5.66. The summed E-state index contributed by atoms with van der Waals surface area (Å²) in [6.45, 7) is 6.94. The minimum Gasteiger partial charge on any atom is -0.367 e. The number of nitrogens with two attached hydrogens (primary N) is 1. The van der Waals surface area contributed by atoms with Crippen LogP contribution >= 0.6 is 0 Å². The zero-order chi connectivity index (χ0) is 15.3. The number of nitrogens with one attached hydrogen (secondary N) is 1. The van der Waals surface area contributed by atoms with Crippen LogP contribution in [-0.2, 0) is 23.2 Å². The van der Waals surface area contributed by atoms with Gasteiger partial charge in [-0.1, -0.05) is 20.3 Å². The van der Waals surface area contributed by atoms with Gasteiger partial charge in [0.2, 0.25) is 0 Å². The molecule has 5 nitrogen and oxygen atoms in total. The van der Waals surface area contributed by atoms with Crippen LogP contribution in [0.25, 0.3) is 0 Å². The van der Waals surface area contributed by atoms with Gasteiger partial charge in [-0.2, -0.15) is 0 Å². The summed E-state index contributed by atoms with van der Waals surface area (Å²) < 4.78 is 6.04. The van der Waals surface area contributed by atoms with Crippen molar-refractivity contribution in [3.63, 3.8) is 0 Å². The van der Waals surface area contributed by atoms with E-state index >= 15 is 0 Å².